The Morgan fingerprint density at radius 3 is 2.67 bits per heavy atom. The van der Waals surface area contributed by atoms with E-state index < -0.39 is 0 Å². The van der Waals surface area contributed by atoms with Crippen molar-refractivity contribution in [3.63, 3.8) is 0 Å². The van der Waals surface area contributed by atoms with E-state index >= 15 is 0 Å². The lowest BCUT2D eigenvalue weighted by Gasteiger charge is -2.11. The van der Waals surface area contributed by atoms with Crippen molar-refractivity contribution in [2.24, 2.45) is 0 Å². The maximum absolute atomic E-state index is 11.6. The quantitative estimate of drug-likeness (QED) is 0.577. The van der Waals surface area contributed by atoms with Gasteiger partial charge in [0.25, 0.3) is 0 Å². The second-order valence-electron chi connectivity index (χ2n) is 6.67. The van der Waals surface area contributed by atoms with Gasteiger partial charge in [-0.25, -0.2) is 4.98 Å². The Kier molecular flexibility index (Phi) is 6.47. The molecule has 3 rings (SSSR count). The Bertz CT molecular complexity index is 884. The first kappa shape index (κ1) is 19.0. The van der Waals surface area contributed by atoms with Gasteiger partial charge in [-0.05, 0) is 44.0 Å². The predicted octanol–water partition coefficient (Wildman–Crippen LogP) is 4.23. The van der Waals surface area contributed by atoms with Gasteiger partial charge in [-0.15, -0.1) is 0 Å². The summed E-state index contributed by atoms with van der Waals surface area (Å²) >= 11 is 0. The van der Waals surface area contributed by atoms with Crippen molar-refractivity contribution in [2.75, 3.05) is 6.61 Å². The number of ether oxygens (including phenoxy) is 1. The van der Waals surface area contributed by atoms with Crippen LogP contribution in [0.25, 0.3) is 11.0 Å². The summed E-state index contributed by atoms with van der Waals surface area (Å²) in [5.41, 5.74) is 3.31. The highest BCUT2D eigenvalue weighted by Crippen LogP contribution is 2.17. The van der Waals surface area contributed by atoms with E-state index in [0.29, 0.717) is 19.6 Å². The lowest BCUT2D eigenvalue weighted by atomic mass is 10.2. The molecule has 0 fully saturated rings. The van der Waals surface area contributed by atoms with Gasteiger partial charge in [-0.3, -0.25) is 4.79 Å². The van der Waals surface area contributed by atoms with Gasteiger partial charge in [-0.2, -0.15) is 0 Å². The molecule has 0 aliphatic heterocycles. The van der Waals surface area contributed by atoms with Gasteiger partial charge in [-0.1, -0.05) is 36.8 Å². The van der Waals surface area contributed by atoms with E-state index in [1.54, 1.807) is 0 Å². The molecular weight excluding hydrogens is 338 g/mol. The van der Waals surface area contributed by atoms with Crippen molar-refractivity contribution in [2.45, 2.75) is 46.2 Å². The number of aromatic nitrogens is 2. The zero-order chi connectivity index (χ0) is 19.1. The summed E-state index contributed by atoms with van der Waals surface area (Å²) in [5.74, 6) is 1.86. The summed E-state index contributed by atoms with van der Waals surface area (Å²) < 4.78 is 8.02. The van der Waals surface area contributed by atoms with Crippen molar-refractivity contribution in [3.8, 4) is 5.75 Å². The smallest absolute Gasteiger partial charge is 0.220 e. The summed E-state index contributed by atoms with van der Waals surface area (Å²) in [7, 11) is 0. The number of hydrogen-bond donors (Lipinski definition) is 1. The van der Waals surface area contributed by atoms with E-state index in [1.807, 2.05) is 37.3 Å². The van der Waals surface area contributed by atoms with Crippen LogP contribution in [0.3, 0.4) is 0 Å². The Hall–Kier alpha value is -2.82. The van der Waals surface area contributed by atoms with E-state index in [1.165, 1.54) is 5.56 Å². The minimum absolute atomic E-state index is 0.0418. The Balaban J connectivity index is 1.57. The number of fused-ring (bicyclic) bond motifs is 1. The van der Waals surface area contributed by atoms with Gasteiger partial charge in [0.1, 0.15) is 11.6 Å². The molecular formula is C22H27N3O2. The molecule has 0 aliphatic carbocycles. The lowest BCUT2D eigenvalue weighted by molar-refractivity contribution is -0.120. The van der Waals surface area contributed by atoms with E-state index in [9.17, 15) is 4.79 Å². The average Bonchev–Trinajstić information content (AvgIpc) is 3.05. The number of carbonyl (C=O) groups excluding carboxylic acids is 1. The van der Waals surface area contributed by atoms with Gasteiger partial charge < -0.3 is 14.6 Å². The van der Waals surface area contributed by atoms with E-state index in [4.69, 9.17) is 9.72 Å². The fourth-order valence-electron chi connectivity index (χ4n) is 3.01. The van der Waals surface area contributed by atoms with Crippen molar-refractivity contribution in [1.29, 1.82) is 0 Å². The number of rotatable bonds is 9. The third-order valence-corrected chi connectivity index (χ3v) is 4.56. The maximum atomic E-state index is 11.6. The molecule has 0 unspecified atom stereocenters. The molecule has 3 aromatic rings. The highest BCUT2D eigenvalue weighted by atomic mass is 16.5. The van der Waals surface area contributed by atoms with Gasteiger partial charge in [0.15, 0.2) is 0 Å². The predicted molar refractivity (Wildman–Crippen MR) is 108 cm³/mol. The molecule has 0 saturated carbocycles. The number of hydrogen-bond acceptors (Lipinski definition) is 3. The average molecular weight is 365 g/mol. The molecule has 142 valence electrons. The molecule has 1 heterocycles. The van der Waals surface area contributed by atoms with Crippen LogP contribution in [0.1, 0.15) is 37.6 Å². The molecule has 1 N–H and O–H groups in total. The van der Waals surface area contributed by atoms with Crippen LogP contribution >= 0.6 is 0 Å². The molecule has 5 heteroatoms. The summed E-state index contributed by atoms with van der Waals surface area (Å²) in [6.07, 6.45) is 2.43. The number of benzene rings is 2. The Labute approximate surface area is 160 Å². The molecule has 0 saturated heterocycles. The normalized spacial score (nSPS) is 10.9. The summed E-state index contributed by atoms with van der Waals surface area (Å²) in [6, 6.07) is 16.2. The number of para-hydroxylation sites is 2. The zero-order valence-corrected chi connectivity index (χ0v) is 16.1. The van der Waals surface area contributed by atoms with Crippen LogP contribution in [0.2, 0.25) is 0 Å². The molecule has 0 radical (unpaired) electrons. The van der Waals surface area contributed by atoms with Crippen molar-refractivity contribution >= 4 is 16.9 Å². The first-order chi connectivity index (χ1) is 13.2. The first-order valence-corrected chi connectivity index (χ1v) is 9.57. The second kappa shape index (κ2) is 9.21. The number of carbonyl (C=O) groups is 1. The molecule has 2 aromatic carbocycles. The SMILES string of the molecule is CCC(=O)NCc1nc2ccccc2n1CCCCOc1ccc(C)cc1. The molecule has 0 bridgehead atoms. The van der Waals surface area contributed by atoms with E-state index in [-0.39, 0.29) is 5.91 Å². The number of unbranched alkanes of at least 4 members (excludes halogenated alkanes) is 1. The van der Waals surface area contributed by atoms with E-state index in [2.05, 4.69) is 35.0 Å². The molecule has 1 aromatic heterocycles. The second-order valence-corrected chi connectivity index (χ2v) is 6.67. The summed E-state index contributed by atoms with van der Waals surface area (Å²) in [4.78, 5) is 16.3. The molecule has 0 atom stereocenters. The Morgan fingerprint density at radius 2 is 1.89 bits per heavy atom. The maximum Gasteiger partial charge on any atom is 0.220 e. The van der Waals surface area contributed by atoms with Crippen LogP contribution in [-0.2, 0) is 17.9 Å². The third kappa shape index (κ3) is 5.09. The first-order valence-electron chi connectivity index (χ1n) is 9.57. The monoisotopic (exact) mass is 365 g/mol. The number of amides is 1. The largest absolute Gasteiger partial charge is 0.494 e. The minimum atomic E-state index is 0.0418. The van der Waals surface area contributed by atoms with Gasteiger partial charge in [0.2, 0.25) is 5.91 Å². The van der Waals surface area contributed by atoms with Crippen LogP contribution < -0.4 is 10.1 Å². The number of nitrogens with one attached hydrogen (secondary N) is 1. The Morgan fingerprint density at radius 1 is 1.11 bits per heavy atom. The molecule has 1 amide bonds. The van der Waals surface area contributed by atoms with E-state index in [0.717, 1.165) is 42.0 Å². The van der Waals surface area contributed by atoms with Crippen molar-refractivity contribution in [3.05, 3.63) is 59.9 Å². The fourth-order valence-corrected chi connectivity index (χ4v) is 3.01. The summed E-state index contributed by atoms with van der Waals surface area (Å²) in [5, 5.41) is 2.93. The van der Waals surface area contributed by atoms with Gasteiger partial charge in [0.05, 0.1) is 24.2 Å². The van der Waals surface area contributed by atoms with Crippen LogP contribution in [0, 0.1) is 6.92 Å². The highest BCUT2D eigenvalue weighted by molar-refractivity contribution is 5.77. The van der Waals surface area contributed by atoms with Crippen LogP contribution in [-0.4, -0.2) is 22.1 Å². The fraction of sp³-hybridized carbons (Fsp3) is 0.364. The standard InChI is InChI=1S/C22H27N3O2/c1-3-22(26)23-16-21-24-19-8-4-5-9-20(19)25(21)14-6-7-15-27-18-12-10-17(2)11-13-18/h4-5,8-13H,3,6-7,14-16H2,1-2H3,(H,23,26). The lowest BCUT2D eigenvalue weighted by Crippen LogP contribution is -2.23. The number of nitrogens with zero attached hydrogens (tertiary/aromatic N) is 2. The number of imidazole rings is 1. The highest BCUT2D eigenvalue weighted by Gasteiger charge is 2.11. The number of aryl methyl sites for hydroxylation is 2. The zero-order valence-electron chi connectivity index (χ0n) is 16.1. The minimum Gasteiger partial charge on any atom is -0.494 e. The third-order valence-electron chi connectivity index (χ3n) is 4.56. The summed E-state index contributed by atoms with van der Waals surface area (Å²) in [6.45, 7) is 5.93. The van der Waals surface area contributed by atoms with Crippen LogP contribution in [0.15, 0.2) is 48.5 Å². The van der Waals surface area contributed by atoms with Crippen LogP contribution in [0.5, 0.6) is 5.75 Å². The molecule has 5 nitrogen and oxygen atoms in total. The molecule has 27 heavy (non-hydrogen) atoms. The topological polar surface area (TPSA) is 56.2 Å². The van der Waals surface area contributed by atoms with Crippen LogP contribution in [0.4, 0.5) is 0 Å². The molecule has 0 spiro atoms. The molecule has 0 aliphatic rings. The van der Waals surface area contributed by atoms with Gasteiger partial charge >= 0.3 is 0 Å². The van der Waals surface area contributed by atoms with Crippen molar-refractivity contribution < 1.29 is 9.53 Å². The van der Waals surface area contributed by atoms with Crippen molar-refractivity contribution in [1.82, 2.24) is 14.9 Å². The van der Waals surface area contributed by atoms with Gasteiger partial charge in [0, 0.05) is 13.0 Å².